The van der Waals surface area contributed by atoms with Crippen LogP contribution in [0.5, 0.6) is 0 Å². The molecule has 3 heterocycles. The first kappa shape index (κ1) is 22.4. The van der Waals surface area contributed by atoms with Crippen molar-refractivity contribution in [1.82, 2.24) is 19.2 Å². The highest BCUT2D eigenvalue weighted by Crippen LogP contribution is 2.38. The first-order valence-electron chi connectivity index (χ1n) is 10.8. The number of rotatable bonds is 7. The van der Waals surface area contributed by atoms with Gasteiger partial charge in [-0.05, 0) is 43.4 Å². The number of carbonyl (C=O) groups excluding carboxylic acids is 2. The Kier molecular flexibility index (Phi) is 5.96. The summed E-state index contributed by atoms with van der Waals surface area (Å²) in [6.45, 7) is 4.01. The minimum atomic E-state index is -0.516. The van der Waals surface area contributed by atoms with Crippen LogP contribution in [0.2, 0.25) is 0 Å². The van der Waals surface area contributed by atoms with Gasteiger partial charge in [-0.15, -0.1) is 28.1 Å². The van der Waals surface area contributed by atoms with Crippen LogP contribution in [0.25, 0.3) is 16.7 Å². The zero-order chi connectivity index (χ0) is 23.8. The predicted octanol–water partition coefficient (Wildman–Crippen LogP) is 3.00. The Morgan fingerprint density at radius 2 is 2.03 bits per heavy atom. The Morgan fingerprint density at radius 1 is 1.24 bits per heavy atom. The Bertz CT molecular complexity index is 1520. The van der Waals surface area contributed by atoms with Crippen molar-refractivity contribution >= 4 is 56.6 Å². The molecule has 0 bridgehead atoms. The average molecular weight is 495 g/mol. The van der Waals surface area contributed by atoms with Gasteiger partial charge >= 0.3 is 0 Å². The first-order chi connectivity index (χ1) is 16.5. The number of nitrogens with two attached hydrogens (primary N) is 1. The lowest BCUT2D eigenvalue weighted by atomic mass is 9.95. The normalized spacial score (nSPS) is 13.2. The highest BCUT2D eigenvalue weighted by atomic mass is 32.2. The third kappa shape index (κ3) is 3.80. The third-order valence-electron chi connectivity index (χ3n) is 5.79. The second kappa shape index (κ2) is 9.07. The van der Waals surface area contributed by atoms with E-state index in [4.69, 9.17) is 5.73 Å². The van der Waals surface area contributed by atoms with Crippen LogP contribution < -0.4 is 16.6 Å². The Morgan fingerprint density at radius 3 is 2.82 bits per heavy atom. The van der Waals surface area contributed by atoms with Crippen molar-refractivity contribution in [2.45, 2.75) is 37.4 Å². The van der Waals surface area contributed by atoms with Crippen LogP contribution in [0, 0.1) is 0 Å². The minimum absolute atomic E-state index is 0.0521. The Hall–Kier alpha value is -3.44. The van der Waals surface area contributed by atoms with Crippen molar-refractivity contribution in [3.05, 3.63) is 63.3 Å². The topological polar surface area (TPSA) is 124 Å². The number of nitrogens with zero attached hydrogens (tertiary/aromatic N) is 4. The average Bonchev–Trinajstić information content (AvgIpc) is 3.41. The predicted molar refractivity (Wildman–Crippen MR) is 134 cm³/mol. The summed E-state index contributed by atoms with van der Waals surface area (Å²) in [6, 6.07) is 7.21. The molecule has 174 valence electrons. The molecular weight excluding hydrogens is 472 g/mol. The van der Waals surface area contributed by atoms with Crippen molar-refractivity contribution < 1.29 is 9.59 Å². The van der Waals surface area contributed by atoms with Gasteiger partial charge in [0.05, 0.1) is 22.2 Å². The lowest BCUT2D eigenvalue weighted by Gasteiger charge is -2.11. The van der Waals surface area contributed by atoms with E-state index >= 15 is 0 Å². The number of thiophene rings is 1. The molecular formula is C23H22N6O3S2. The van der Waals surface area contributed by atoms with E-state index in [0.29, 0.717) is 32.4 Å². The number of nitrogens with one attached hydrogen (secondary N) is 1. The highest BCUT2D eigenvalue weighted by Gasteiger charge is 2.25. The van der Waals surface area contributed by atoms with Gasteiger partial charge in [0, 0.05) is 11.4 Å². The number of aromatic nitrogens is 4. The van der Waals surface area contributed by atoms with E-state index in [9.17, 15) is 14.4 Å². The largest absolute Gasteiger partial charge is 0.365 e. The zero-order valence-electron chi connectivity index (χ0n) is 18.2. The number of anilines is 1. The monoisotopic (exact) mass is 494 g/mol. The van der Waals surface area contributed by atoms with E-state index in [1.807, 2.05) is 12.1 Å². The number of hydrogen-bond donors (Lipinski definition) is 2. The molecule has 5 rings (SSSR count). The molecule has 0 spiro atoms. The van der Waals surface area contributed by atoms with E-state index in [2.05, 4.69) is 22.1 Å². The summed E-state index contributed by atoms with van der Waals surface area (Å²) in [5.41, 5.74) is 7.53. The van der Waals surface area contributed by atoms with Gasteiger partial charge in [0.25, 0.3) is 11.5 Å². The molecule has 11 heteroatoms. The van der Waals surface area contributed by atoms with Crippen LogP contribution in [0.1, 0.15) is 33.6 Å². The van der Waals surface area contributed by atoms with E-state index in [1.54, 1.807) is 22.6 Å². The smallest absolute Gasteiger partial charge is 0.263 e. The number of primary amides is 1. The van der Waals surface area contributed by atoms with Crippen LogP contribution in [-0.2, 0) is 24.2 Å². The van der Waals surface area contributed by atoms with Crippen LogP contribution in [0.3, 0.4) is 0 Å². The summed E-state index contributed by atoms with van der Waals surface area (Å²) in [7, 11) is 0. The van der Waals surface area contributed by atoms with Crippen molar-refractivity contribution in [2.24, 2.45) is 5.73 Å². The standard InChI is InChI=1S/C23H22N6O3S2/c1-2-11-28-21(32)13-7-3-5-9-15(13)29-22(28)26-27-23(29)33-12-17(30)25-20-18(19(24)31)14-8-4-6-10-16(14)34-20/h2-3,5,7,9H,1,4,6,8,10-12H2,(H2,24,31)(H,25,30). The summed E-state index contributed by atoms with van der Waals surface area (Å²) in [6.07, 6.45) is 5.41. The summed E-state index contributed by atoms with van der Waals surface area (Å²) in [5.74, 6) is -0.353. The molecule has 2 amide bonds. The fourth-order valence-electron chi connectivity index (χ4n) is 4.33. The second-order valence-electron chi connectivity index (χ2n) is 7.96. The van der Waals surface area contributed by atoms with Gasteiger partial charge < -0.3 is 11.1 Å². The molecule has 4 aromatic rings. The third-order valence-corrected chi connectivity index (χ3v) is 7.93. The Labute approximate surface area is 202 Å². The van der Waals surface area contributed by atoms with Crippen molar-refractivity contribution in [1.29, 1.82) is 0 Å². The molecule has 1 aliphatic rings. The maximum Gasteiger partial charge on any atom is 0.263 e. The fraction of sp³-hybridized carbons (Fsp3) is 0.261. The molecule has 0 atom stereocenters. The quantitative estimate of drug-likeness (QED) is 0.301. The van der Waals surface area contributed by atoms with Gasteiger partial charge in [0.1, 0.15) is 5.00 Å². The molecule has 0 saturated heterocycles. The molecule has 0 fully saturated rings. The molecule has 3 N–H and O–H groups in total. The van der Waals surface area contributed by atoms with E-state index < -0.39 is 5.91 Å². The summed E-state index contributed by atoms with van der Waals surface area (Å²) < 4.78 is 3.28. The van der Waals surface area contributed by atoms with Gasteiger partial charge in [-0.1, -0.05) is 30.0 Å². The van der Waals surface area contributed by atoms with Crippen molar-refractivity contribution in [3.8, 4) is 0 Å². The van der Waals surface area contributed by atoms with E-state index in [1.165, 1.54) is 27.7 Å². The highest BCUT2D eigenvalue weighted by molar-refractivity contribution is 7.99. The van der Waals surface area contributed by atoms with E-state index in [-0.39, 0.29) is 23.8 Å². The van der Waals surface area contributed by atoms with Crippen molar-refractivity contribution in [2.75, 3.05) is 11.1 Å². The number of amides is 2. The van der Waals surface area contributed by atoms with Gasteiger partial charge in [-0.25, -0.2) is 0 Å². The van der Waals surface area contributed by atoms with Gasteiger partial charge in [0.15, 0.2) is 5.16 Å². The number of para-hydroxylation sites is 1. The number of allylic oxidation sites excluding steroid dienone is 1. The summed E-state index contributed by atoms with van der Waals surface area (Å²) in [4.78, 5) is 38.9. The fourth-order valence-corrected chi connectivity index (χ4v) is 6.38. The molecule has 9 nitrogen and oxygen atoms in total. The lowest BCUT2D eigenvalue weighted by Crippen LogP contribution is -2.23. The number of aryl methyl sites for hydroxylation is 1. The van der Waals surface area contributed by atoms with Crippen LogP contribution in [-0.4, -0.2) is 36.7 Å². The number of fused-ring (bicyclic) bond motifs is 4. The van der Waals surface area contributed by atoms with Crippen LogP contribution >= 0.6 is 23.1 Å². The lowest BCUT2D eigenvalue weighted by molar-refractivity contribution is -0.113. The number of benzene rings is 1. The second-order valence-corrected chi connectivity index (χ2v) is 10.0. The number of hydrogen-bond acceptors (Lipinski definition) is 7. The maximum atomic E-state index is 12.9. The molecule has 1 aromatic carbocycles. The first-order valence-corrected chi connectivity index (χ1v) is 12.6. The summed E-state index contributed by atoms with van der Waals surface area (Å²) in [5, 5.41) is 12.8. The van der Waals surface area contributed by atoms with Crippen LogP contribution in [0.15, 0.2) is 46.9 Å². The number of carbonyl (C=O) groups is 2. The van der Waals surface area contributed by atoms with Gasteiger partial charge in [0.2, 0.25) is 11.7 Å². The van der Waals surface area contributed by atoms with E-state index in [0.717, 1.165) is 36.1 Å². The SMILES string of the molecule is C=CCn1c(=O)c2ccccc2n2c(SCC(=O)Nc3sc4c(c3C(N)=O)CCCC4)nnc12. The summed E-state index contributed by atoms with van der Waals surface area (Å²) >= 11 is 2.64. The van der Waals surface area contributed by atoms with Crippen molar-refractivity contribution in [3.63, 3.8) is 0 Å². The molecule has 0 aliphatic heterocycles. The molecule has 1 aliphatic carbocycles. The molecule has 3 aromatic heterocycles. The molecule has 0 radical (unpaired) electrons. The van der Waals surface area contributed by atoms with Crippen LogP contribution in [0.4, 0.5) is 5.00 Å². The minimum Gasteiger partial charge on any atom is -0.365 e. The molecule has 0 unspecified atom stereocenters. The number of thioether (sulfide) groups is 1. The zero-order valence-corrected chi connectivity index (χ0v) is 19.9. The van der Waals surface area contributed by atoms with Gasteiger partial charge in [-0.3, -0.25) is 23.4 Å². The van der Waals surface area contributed by atoms with Gasteiger partial charge in [-0.2, -0.15) is 0 Å². The maximum absolute atomic E-state index is 12.9. The Balaban J connectivity index is 1.44. The molecule has 0 saturated carbocycles. The molecule has 34 heavy (non-hydrogen) atoms.